The minimum atomic E-state index is -0.818. The van der Waals surface area contributed by atoms with Gasteiger partial charge in [-0.15, -0.1) is 5.10 Å². The molecule has 0 aliphatic carbocycles. The van der Waals surface area contributed by atoms with E-state index in [-0.39, 0.29) is 34.9 Å². The van der Waals surface area contributed by atoms with Gasteiger partial charge >= 0.3 is 11.9 Å². The molecule has 0 radical (unpaired) electrons. The van der Waals surface area contributed by atoms with Crippen molar-refractivity contribution < 1.29 is 33.1 Å². The zero-order valence-corrected chi connectivity index (χ0v) is 17.4. The lowest BCUT2D eigenvalue weighted by Gasteiger charge is -2.08. The van der Waals surface area contributed by atoms with Crippen LogP contribution in [-0.2, 0) is 14.3 Å². The molecule has 0 saturated heterocycles. The number of aromatic nitrogens is 4. The number of benzene rings is 1. The SMILES string of the molecule is CCOC(=O)c1c(NC(=O)COC(=O)c2cccc(-n3cnnn3)c2)oc(C)c1C(C)=O. The van der Waals surface area contributed by atoms with Crippen LogP contribution < -0.4 is 5.32 Å². The number of nitrogens with one attached hydrogen (secondary N) is 1. The highest BCUT2D eigenvalue weighted by Gasteiger charge is 2.29. The molecule has 12 nitrogen and oxygen atoms in total. The lowest BCUT2D eigenvalue weighted by molar-refractivity contribution is -0.119. The number of tetrazole rings is 1. The Kier molecular flexibility index (Phi) is 6.73. The molecule has 1 amide bonds. The number of nitrogens with zero attached hydrogens (tertiary/aromatic N) is 4. The predicted molar refractivity (Wildman–Crippen MR) is 107 cm³/mol. The Balaban J connectivity index is 1.70. The summed E-state index contributed by atoms with van der Waals surface area (Å²) in [4.78, 5) is 48.8. The van der Waals surface area contributed by atoms with Gasteiger partial charge in [-0.1, -0.05) is 6.07 Å². The number of rotatable bonds is 8. The summed E-state index contributed by atoms with van der Waals surface area (Å²) in [5.74, 6) is -2.89. The number of hydrogen-bond donors (Lipinski definition) is 1. The Hall–Kier alpha value is -4.35. The third-order valence-corrected chi connectivity index (χ3v) is 4.20. The molecule has 0 bridgehead atoms. The summed E-state index contributed by atoms with van der Waals surface area (Å²) in [6.07, 6.45) is 1.36. The van der Waals surface area contributed by atoms with Gasteiger partial charge in [0, 0.05) is 0 Å². The van der Waals surface area contributed by atoms with Crippen molar-refractivity contribution in [2.24, 2.45) is 0 Å². The summed E-state index contributed by atoms with van der Waals surface area (Å²) >= 11 is 0. The van der Waals surface area contributed by atoms with Gasteiger partial charge in [-0.05, 0) is 49.4 Å². The number of Topliss-reactive ketones (excluding diaryl/α,β-unsaturated/α-hetero) is 1. The number of hydrogen-bond acceptors (Lipinski definition) is 10. The van der Waals surface area contributed by atoms with Gasteiger partial charge in [-0.25, -0.2) is 14.3 Å². The molecule has 2 aromatic heterocycles. The van der Waals surface area contributed by atoms with Crippen LogP contribution in [0.15, 0.2) is 35.0 Å². The molecule has 0 atom stereocenters. The van der Waals surface area contributed by atoms with E-state index >= 15 is 0 Å². The first kappa shape index (κ1) is 22.3. The maximum atomic E-state index is 12.3. The standard InChI is InChI=1S/C20H19N5O7/c1-4-30-20(29)17-16(11(2)26)12(3)32-18(17)22-15(27)9-31-19(28)13-6-5-7-14(8-13)25-10-21-23-24-25/h5-8,10H,4,9H2,1-3H3,(H,22,27). The summed E-state index contributed by atoms with van der Waals surface area (Å²) in [6, 6.07) is 6.28. The number of esters is 2. The molecule has 0 saturated carbocycles. The molecule has 2 heterocycles. The van der Waals surface area contributed by atoms with Gasteiger partial charge in [-0.3, -0.25) is 14.9 Å². The Morgan fingerprint density at radius 2 is 1.91 bits per heavy atom. The molecule has 3 rings (SSSR count). The largest absolute Gasteiger partial charge is 0.462 e. The molecule has 1 aromatic carbocycles. The zero-order chi connectivity index (χ0) is 23.3. The Morgan fingerprint density at radius 3 is 2.56 bits per heavy atom. The first-order valence-corrected chi connectivity index (χ1v) is 9.43. The molecule has 0 spiro atoms. The van der Waals surface area contributed by atoms with Crippen molar-refractivity contribution >= 4 is 29.5 Å². The first-order chi connectivity index (χ1) is 15.3. The third kappa shape index (κ3) is 4.86. The average Bonchev–Trinajstić information content (AvgIpc) is 3.40. The minimum Gasteiger partial charge on any atom is -0.462 e. The van der Waals surface area contributed by atoms with E-state index in [9.17, 15) is 19.2 Å². The van der Waals surface area contributed by atoms with E-state index < -0.39 is 30.2 Å². The van der Waals surface area contributed by atoms with Crippen LogP contribution in [0.2, 0.25) is 0 Å². The van der Waals surface area contributed by atoms with Crippen molar-refractivity contribution in [3.8, 4) is 5.69 Å². The third-order valence-electron chi connectivity index (χ3n) is 4.20. The first-order valence-electron chi connectivity index (χ1n) is 9.43. The lowest BCUT2D eigenvalue weighted by atomic mass is 10.1. The fourth-order valence-electron chi connectivity index (χ4n) is 2.89. The molecule has 0 aliphatic rings. The van der Waals surface area contributed by atoms with Crippen molar-refractivity contribution in [3.63, 3.8) is 0 Å². The van der Waals surface area contributed by atoms with Crippen LogP contribution in [-0.4, -0.2) is 57.1 Å². The number of carbonyl (C=O) groups is 4. The van der Waals surface area contributed by atoms with Gasteiger partial charge < -0.3 is 13.9 Å². The number of carbonyl (C=O) groups excluding carboxylic acids is 4. The Morgan fingerprint density at radius 1 is 1.12 bits per heavy atom. The molecule has 0 unspecified atom stereocenters. The maximum absolute atomic E-state index is 12.3. The molecule has 32 heavy (non-hydrogen) atoms. The van der Waals surface area contributed by atoms with E-state index in [0.717, 1.165) is 0 Å². The topological polar surface area (TPSA) is 156 Å². The normalized spacial score (nSPS) is 10.5. The number of furan rings is 1. The second-order valence-corrected chi connectivity index (χ2v) is 6.44. The number of ether oxygens (including phenoxy) is 2. The van der Waals surface area contributed by atoms with Crippen LogP contribution in [0.4, 0.5) is 5.88 Å². The summed E-state index contributed by atoms with van der Waals surface area (Å²) in [6.45, 7) is 3.75. The van der Waals surface area contributed by atoms with Gasteiger partial charge in [0.2, 0.25) is 5.88 Å². The van der Waals surface area contributed by atoms with Crippen molar-refractivity contribution in [2.45, 2.75) is 20.8 Å². The number of anilines is 1. The van der Waals surface area contributed by atoms with Crippen LogP contribution in [0.5, 0.6) is 0 Å². The monoisotopic (exact) mass is 441 g/mol. The number of ketones is 1. The molecule has 166 valence electrons. The van der Waals surface area contributed by atoms with Crippen LogP contribution >= 0.6 is 0 Å². The molecular weight excluding hydrogens is 422 g/mol. The number of aryl methyl sites for hydroxylation is 1. The Bertz CT molecular complexity index is 1170. The predicted octanol–water partition coefficient (Wildman–Crippen LogP) is 1.74. The van der Waals surface area contributed by atoms with Gasteiger partial charge in [0.15, 0.2) is 12.4 Å². The highest BCUT2D eigenvalue weighted by Crippen LogP contribution is 2.28. The average molecular weight is 441 g/mol. The molecule has 12 heteroatoms. The minimum absolute atomic E-state index is 0.00941. The second kappa shape index (κ2) is 9.64. The van der Waals surface area contributed by atoms with E-state index in [1.54, 1.807) is 19.1 Å². The summed E-state index contributed by atoms with van der Waals surface area (Å²) < 4.78 is 16.7. The van der Waals surface area contributed by atoms with Crippen LogP contribution in [0.3, 0.4) is 0 Å². The van der Waals surface area contributed by atoms with Crippen molar-refractivity contribution in [1.29, 1.82) is 0 Å². The fourth-order valence-corrected chi connectivity index (χ4v) is 2.89. The maximum Gasteiger partial charge on any atom is 0.344 e. The van der Waals surface area contributed by atoms with Crippen molar-refractivity contribution in [2.75, 3.05) is 18.5 Å². The lowest BCUT2D eigenvalue weighted by Crippen LogP contribution is -2.22. The fraction of sp³-hybridized carbons (Fsp3) is 0.250. The van der Waals surface area contributed by atoms with Gasteiger partial charge in [0.1, 0.15) is 17.7 Å². The van der Waals surface area contributed by atoms with E-state index in [2.05, 4.69) is 20.8 Å². The summed E-state index contributed by atoms with van der Waals surface area (Å²) in [5.41, 5.74) is 0.516. The smallest absolute Gasteiger partial charge is 0.344 e. The molecule has 3 aromatic rings. The highest BCUT2D eigenvalue weighted by molar-refractivity contribution is 6.10. The molecule has 0 aliphatic heterocycles. The van der Waals surface area contributed by atoms with E-state index in [0.29, 0.717) is 5.69 Å². The van der Waals surface area contributed by atoms with E-state index in [1.165, 1.54) is 37.0 Å². The second-order valence-electron chi connectivity index (χ2n) is 6.44. The molecular formula is C20H19N5O7. The van der Waals surface area contributed by atoms with Gasteiger partial charge in [-0.2, -0.15) is 0 Å². The van der Waals surface area contributed by atoms with Crippen molar-refractivity contribution in [3.05, 3.63) is 53.0 Å². The van der Waals surface area contributed by atoms with Crippen molar-refractivity contribution in [1.82, 2.24) is 20.2 Å². The zero-order valence-electron chi connectivity index (χ0n) is 17.4. The Labute approximate surface area is 181 Å². The summed E-state index contributed by atoms with van der Waals surface area (Å²) in [7, 11) is 0. The van der Waals surface area contributed by atoms with Gasteiger partial charge in [0.05, 0.1) is 23.4 Å². The van der Waals surface area contributed by atoms with E-state index in [4.69, 9.17) is 13.9 Å². The quantitative estimate of drug-likeness (QED) is 0.403. The van der Waals surface area contributed by atoms with Gasteiger partial charge in [0.25, 0.3) is 5.91 Å². The van der Waals surface area contributed by atoms with Crippen LogP contribution in [0, 0.1) is 6.92 Å². The van der Waals surface area contributed by atoms with Crippen LogP contribution in [0.25, 0.3) is 5.69 Å². The number of amides is 1. The van der Waals surface area contributed by atoms with E-state index in [1.807, 2.05) is 0 Å². The molecule has 1 N–H and O–H groups in total. The van der Waals surface area contributed by atoms with Crippen LogP contribution in [0.1, 0.15) is 50.7 Å². The summed E-state index contributed by atoms with van der Waals surface area (Å²) in [5, 5.41) is 13.1. The highest BCUT2D eigenvalue weighted by atomic mass is 16.5. The molecule has 0 fully saturated rings.